The molecule has 3 rings (SSSR count). The molecule has 0 aliphatic carbocycles. The van der Waals surface area contributed by atoms with Crippen molar-refractivity contribution in [3.63, 3.8) is 0 Å². The van der Waals surface area contributed by atoms with Gasteiger partial charge in [0.2, 0.25) is 0 Å². The fraction of sp³-hybridized carbons (Fsp3) is 0.136. The molecule has 0 aromatic heterocycles. The van der Waals surface area contributed by atoms with Crippen LogP contribution in [0.15, 0.2) is 77.7 Å². The first-order chi connectivity index (χ1) is 13.8. The Balaban J connectivity index is 1.87. The summed E-state index contributed by atoms with van der Waals surface area (Å²) < 4.78 is 32.4. The Bertz CT molecular complexity index is 1140. The fourth-order valence-electron chi connectivity index (χ4n) is 2.82. The molecular formula is C22H22N2O4S. The number of benzene rings is 3. The van der Waals surface area contributed by atoms with Gasteiger partial charge in [-0.2, -0.15) is 0 Å². The number of amides is 1. The lowest BCUT2D eigenvalue weighted by molar-refractivity contribution is 0.102. The maximum Gasteiger partial charge on any atom is 0.264 e. The molecule has 6 nitrogen and oxygen atoms in total. The number of anilines is 2. The van der Waals surface area contributed by atoms with Crippen LogP contribution in [0, 0.1) is 6.92 Å². The Labute approximate surface area is 170 Å². The second-order valence-corrected chi connectivity index (χ2v) is 8.49. The van der Waals surface area contributed by atoms with Crippen molar-refractivity contribution in [2.24, 2.45) is 0 Å². The molecule has 0 saturated heterocycles. The second kappa shape index (κ2) is 8.36. The average molecular weight is 410 g/mol. The molecule has 1 N–H and O–H groups in total. The van der Waals surface area contributed by atoms with Crippen LogP contribution in [0.5, 0.6) is 5.75 Å². The van der Waals surface area contributed by atoms with Crippen LogP contribution in [-0.2, 0) is 10.0 Å². The lowest BCUT2D eigenvalue weighted by atomic mass is 10.2. The van der Waals surface area contributed by atoms with Gasteiger partial charge in [0.25, 0.3) is 15.9 Å². The Morgan fingerprint density at radius 3 is 2.41 bits per heavy atom. The molecule has 7 heteroatoms. The monoisotopic (exact) mass is 410 g/mol. The van der Waals surface area contributed by atoms with Crippen molar-refractivity contribution in [1.82, 2.24) is 0 Å². The smallest absolute Gasteiger partial charge is 0.264 e. The number of nitrogens with one attached hydrogen (secondary N) is 1. The molecule has 0 unspecified atom stereocenters. The number of hydrogen-bond donors (Lipinski definition) is 1. The molecule has 0 radical (unpaired) electrons. The van der Waals surface area contributed by atoms with Gasteiger partial charge in [0.15, 0.2) is 0 Å². The van der Waals surface area contributed by atoms with E-state index in [-0.39, 0.29) is 10.5 Å². The molecule has 3 aromatic rings. The SMILES string of the molecule is COc1cccc(NC(=O)c2cccc(S(=O)(=O)N(C)c3cccc(C)c3)c2)c1. The van der Waals surface area contributed by atoms with Crippen LogP contribution < -0.4 is 14.4 Å². The zero-order valence-corrected chi connectivity index (χ0v) is 17.2. The van der Waals surface area contributed by atoms with Gasteiger partial charge in [-0.1, -0.05) is 24.3 Å². The van der Waals surface area contributed by atoms with E-state index in [1.54, 1.807) is 61.7 Å². The van der Waals surface area contributed by atoms with Crippen LogP contribution in [0.3, 0.4) is 0 Å². The van der Waals surface area contributed by atoms with E-state index in [1.807, 2.05) is 13.0 Å². The lowest BCUT2D eigenvalue weighted by Crippen LogP contribution is -2.27. The first kappa shape index (κ1) is 20.4. The fourth-order valence-corrected chi connectivity index (χ4v) is 4.06. The topological polar surface area (TPSA) is 75.7 Å². The minimum atomic E-state index is -3.82. The molecular weight excluding hydrogens is 388 g/mol. The highest BCUT2D eigenvalue weighted by atomic mass is 32.2. The van der Waals surface area contributed by atoms with E-state index in [0.29, 0.717) is 17.1 Å². The van der Waals surface area contributed by atoms with Gasteiger partial charge in [-0.15, -0.1) is 0 Å². The molecule has 3 aromatic carbocycles. The molecule has 0 heterocycles. The summed E-state index contributed by atoms with van der Waals surface area (Å²) in [5.41, 5.74) is 2.30. The van der Waals surface area contributed by atoms with Crippen molar-refractivity contribution in [2.75, 3.05) is 23.8 Å². The summed E-state index contributed by atoms with van der Waals surface area (Å²) in [4.78, 5) is 12.7. The summed E-state index contributed by atoms with van der Waals surface area (Å²) in [5, 5.41) is 2.75. The van der Waals surface area contributed by atoms with Crippen LogP contribution >= 0.6 is 0 Å². The number of aryl methyl sites for hydroxylation is 1. The third-order valence-electron chi connectivity index (χ3n) is 4.45. The second-order valence-electron chi connectivity index (χ2n) is 6.53. The molecule has 150 valence electrons. The summed E-state index contributed by atoms with van der Waals surface area (Å²) in [6.45, 7) is 1.90. The van der Waals surface area contributed by atoms with Gasteiger partial charge in [-0.05, 0) is 55.0 Å². The Hall–Kier alpha value is -3.32. The van der Waals surface area contributed by atoms with Gasteiger partial charge in [0.05, 0.1) is 17.7 Å². The van der Waals surface area contributed by atoms with Crippen molar-refractivity contribution in [3.8, 4) is 5.75 Å². The zero-order chi connectivity index (χ0) is 21.0. The molecule has 29 heavy (non-hydrogen) atoms. The molecule has 0 atom stereocenters. The summed E-state index contributed by atoms with van der Waals surface area (Å²) in [6, 6.07) is 20.1. The highest BCUT2D eigenvalue weighted by Gasteiger charge is 2.22. The van der Waals surface area contributed by atoms with Gasteiger partial charge >= 0.3 is 0 Å². The van der Waals surface area contributed by atoms with Crippen molar-refractivity contribution in [1.29, 1.82) is 0 Å². The van der Waals surface area contributed by atoms with E-state index < -0.39 is 15.9 Å². The van der Waals surface area contributed by atoms with Crippen molar-refractivity contribution in [2.45, 2.75) is 11.8 Å². The first-order valence-corrected chi connectivity index (χ1v) is 10.4. The summed E-state index contributed by atoms with van der Waals surface area (Å²) >= 11 is 0. The number of ether oxygens (including phenoxy) is 1. The van der Waals surface area contributed by atoms with Crippen LogP contribution in [0.1, 0.15) is 15.9 Å². The van der Waals surface area contributed by atoms with Gasteiger partial charge in [0.1, 0.15) is 5.75 Å². The molecule has 0 saturated carbocycles. The molecule has 0 aliphatic heterocycles. The summed E-state index contributed by atoms with van der Waals surface area (Å²) in [6.07, 6.45) is 0. The lowest BCUT2D eigenvalue weighted by Gasteiger charge is -2.20. The largest absolute Gasteiger partial charge is 0.497 e. The highest BCUT2D eigenvalue weighted by molar-refractivity contribution is 7.92. The third-order valence-corrected chi connectivity index (χ3v) is 6.23. The standard InChI is InChI=1S/C22H22N2O4S/c1-16-7-4-10-19(13-16)24(2)29(26,27)21-12-5-8-17(14-21)22(25)23-18-9-6-11-20(15-18)28-3/h4-15H,1-3H3,(H,23,25). The predicted molar refractivity (Wildman–Crippen MR) is 114 cm³/mol. The number of nitrogens with zero attached hydrogens (tertiary/aromatic N) is 1. The Kier molecular flexibility index (Phi) is 5.89. The molecule has 1 amide bonds. The van der Waals surface area contributed by atoms with Crippen molar-refractivity contribution in [3.05, 3.63) is 83.9 Å². The number of methoxy groups -OCH3 is 1. The van der Waals surface area contributed by atoms with Crippen LogP contribution in [-0.4, -0.2) is 28.5 Å². The maximum absolute atomic E-state index is 13.0. The maximum atomic E-state index is 13.0. The van der Waals surface area contributed by atoms with Gasteiger partial charge < -0.3 is 10.1 Å². The Morgan fingerprint density at radius 2 is 1.69 bits per heavy atom. The molecule has 0 spiro atoms. The van der Waals surface area contributed by atoms with Crippen LogP contribution in [0.2, 0.25) is 0 Å². The minimum Gasteiger partial charge on any atom is -0.497 e. The number of carbonyl (C=O) groups excluding carboxylic acids is 1. The van der Waals surface area contributed by atoms with E-state index in [4.69, 9.17) is 4.74 Å². The normalized spacial score (nSPS) is 11.0. The van der Waals surface area contributed by atoms with Crippen LogP contribution in [0.25, 0.3) is 0 Å². The van der Waals surface area contributed by atoms with E-state index >= 15 is 0 Å². The zero-order valence-electron chi connectivity index (χ0n) is 16.4. The van der Waals surface area contributed by atoms with Crippen LogP contribution in [0.4, 0.5) is 11.4 Å². The Morgan fingerprint density at radius 1 is 0.966 bits per heavy atom. The first-order valence-electron chi connectivity index (χ1n) is 8.92. The summed E-state index contributed by atoms with van der Waals surface area (Å²) in [5.74, 6) is 0.201. The van der Waals surface area contributed by atoms with E-state index in [0.717, 1.165) is 5.56 Å². The number of rotatable bonds is 6. The van der Waals surface area contributed by atoms with E-state index in [1.165, 1.54) is 23.5 Å². The summed E-state index contributed by atoms with van der Waals surface area (Å²) in [7, 11) is -0.780. The van der Waals surface area contributed by atoms with Gasteiger partial charge in [-0.25, -0.2) is 8.42 Å². The highest BCUT2D eigenvalue weighted by Crippen LogP contribution is 2.24. The third kappa shape index (κ3) is 4.57. The number of sulfonamides is 1. The number of hydrogen-bond acceptors (Lipinski definition) is 4. The molecule has 0 aliphatic rings. The van der Waals surface area contributed by atoms with E-state index in [2.05, 4.69) is 5.32 Å². The van der Waals surface area contributed by atoms with E-state index in [9.17, 15) is 13.2 Å². The van der Waals surface area contributed by atoms with Gasteiger partial charge in [-0.3, -0.25) is 9.10 Å². The quantitative estimate of drug-likeness (QED) is 0.664. The molecule has 0 bridgehead atoms. The molecule has 0 fully saturated rings. The van der Waals surface area contributed by atoms with Crippen molar-refractivity contribution >= 4 is 27.3 Å². The minimum absolute atomic E-state index is 0.0415. The van der Waals surface area contributed by atoms with Crippen molar-refractivity contribution < 1.29 is 17.9 Å². The number of carbonyl (C=O) groups is 1. The van der Waals surface area contributed by atoms with Gasteiger partial charge in [0, 0.05) is 24.4 Å². The predicted octanol–water partition coefficient (Wildman–Crippen LogP) is 4.08. The average Bonchev–Trinajstić information content (AvgIpc) is 2.73.